The maximum atomic E-state index is 12.8. The Balaban J connectivity index is 1.78. The minimum Gasteiger partial charge on any atom is -0.465 e. The van der Waals surface area contributed by atoms with Gasteiger partial charge < -0.3 is 19.2 Å². The maximum Gasteiger partial charge on any atom is 0.319 e. The molecular weight excluding hydrogens is 482 g/mol. The summed E-state index contributed by atoms with van der Waals surface area (Å²) in [5.41, 5.74) is 3.12. The molecule has 0 spiro atoms. The van der Waals surface area contributed by atoms with Crippen LogP contribution in [0.25, 0.3) is 0 Å². The van der Waals surface area contributed by atoms with E-state index in [1.54, 1.807) is 50.4 Å². The molecule has 2 aromatic heterocycles. The second kappa shape index (κ2) is 12.2. The van der Waals surface area contributed by atoms with Crippen molar-refractivity contribution in [1.29, 1.82) is 0 Å². The number of benzene rings is 1. The van der Waals surface area contributed by atoms with Gasteiger partial charge in [0, 0.05) is 53.7 Å². The second-order valence-corrected chi connectivity index (χ2v) is 10.2. The van der Waals surface area contributed by atoms with Gasteiger partial charge in [0.05, 0.1) is 22.6 Å². The molecule has 3 rings (SSSR count). The molecule has 0 radical (unpaired) electrons. The molecule has 0 fully saturated rings. The second-order valence-electron chi connectivity index (χ2n) is 7.83. The normalized spacial score (nSPS) is 13.0. The van der Waals surface area contributed by atoms with Crippen LogP contribution in [0.2, 0.25) is 0 Å². The maximum absolute atomic E-state index is 12.8. The monoisotopic (exact) mass is 509 g/mol. The topological polar surface area (TPSA) is 120 Å². The number of rotatable bonds is 8. The standard InChI is InChI=1S/C26H27N3O6S/c1-5-34-23(30)17-36(4,32)29-26(33-3)21-13-20(15-27-16-21)10-9-19-7-6-8-22(14-19)28-25(31)24-18(2)11-12-35-24/h6-8,11-16,26H,5,17H2,1-4H3,(H,28,31). The van der Waals surface area contributed by atoms with E-state index in [1.165, 1.54) is 25.8 Å². The average molecular weight is 510 g/mol. The third-order valence-corrected chi connectivity index (χ3v) is 6.23. The number of nitrogens with zero attached hydrogens (tertiary/aromatic N) is 2. The zero-order chi connectivity index (χ0) is 26.1. The lowest BCUT2D eigenvalue weighted by molar-refractivity contribution is -0.139. The molecule has 3 aromatic rings. The molecule has 188 valence electrons. The lowest BCUT2D eigenvalue weighted by Gasteiger charge is -2.13. The third kappa shape index (κ3) is 7.53. The Kier molecular flexibility index (Phi) is 9.00. The number of furan rings is 1. The van der Waals surface area contributed by atoms with Crippen molar-refractivity contribution in [3.63, 3.8) is 0 Å². The fraction of sp³-hybridized carbons (Fsp3) is 0.269. The number of anilines is 1. The molecule has 36 heavy (non-hydrogen) atoms. The highest BCUT2D eigenvalue weighted by Crippen LogP contribution is 2.20. The number of hydrogen-bond acceptors (Lipinski definition) is 8. The molecule has 0 saturated carbocycles. The number of hydrogen-bond donors (Lipinski definition) is 1. The van der Waals surface area contributed by atoms with Crippen LogP contribution in [0, 0.1) is 18.8 Å². The summed E-state index contributed by atoms with van der Waals surface area (Å²) in [6.07, 6.45) is 5.07. The predicted molar refractivity (Wildman–Crippen MR) is 136 cm³/mol. The van der Waals surface area contributed by atoms with Crippen molar-refractivity contribution < 1.29 is 27.7 Å². The number of aryl methyl sites for hydroxylation is 1. The van der Waals surface area contributed by atoms with Crippen molar-refractivity contribution in [2.75, 3.05) is 31.0 Å². The van der Waals surface area contributed by atoms with Crippen LogP contribution in [-0.4, -0.2) is 46.8 Å². The number of pyridine rings is 1. The van der Waals surface area contributed by atoms with Crippen molar-refractivity contribution in [3.05, 3.63) is 83.1 Å². The largest absolute Gasteiger partial charge is 0.465 e. The molecule has 0 saturated heterocycles. The first-order valence-corrected chi connectivity index (χ1v) is 13.1. The summed E-state index contributed by atoms with van der Waals surface area (Å²) in [4.78, 5) is 28.3. The zero-order valence-corrected chi connectivity index (χ0v) is 21.3. The summed E-state index contributed by atoms with van der Waals surface area (Å²) in [5.74, 6) is 5.06. The molecule has 0 aliphatic carbocycles. The molecule has 2 unspecified atom stereocenters. The SMILES string of the molecule is CCOC(=O)CS(C)(=O)=NC(OC)c1cncc(C#Cc2cccc(NC(=O)c3occc3C)c2)c1. The first kappa shape index (κ1) is 26.7. The van der Waals surface area contributed by atoms with Crippen LogP contribution in [0.15, 0.2) is 63.8 Å². The van der Waals surface area contributed by atoms with Crippen LogP contribution in [0.4, 0.5) is 5.69 Å². The van der Waals surface area contributed by atoms with Crippen molar-refractivity contribution in [1.82, 2.24) is 4.98 Å². The molecule has 2 heterocycles. The number of amides is 1. The van der Waals surface area contributed by atoms with Crippen molar-refractivity contribution in [3.8, 4) is 11.8 Å². The Hall–Kier alpha value is -3.94. The number of ether oxygens (including phenoxy) is 2. The van der Waals surface area contributed by atoms with E-state index >= 15 is 0 Å². The Bertz CT molecular complexity index is 1430. The molecule has 1 N–H and O–H groups in total. The van der Waals surface area contributed by atoms with E-state index in [0.29, 0.717) is 22.4 Å². The number of esters is 1. The fourth-order valence-corrected chi connectivity index (χ4v) is 4.38. The van der Waals surface area contributed by atoms with E-state index in [4.69, 9.17) is 13.9 Å². The summed E-state index contributed by atoms with van der Waals surface area (Å²) in [6.45, 7) is 3.67. The lowest BCUT2D eigenvalue weighted by atomic mass is 10.1. The molecular formula is C26H27N3O6S. The van der Waals surface area contributed by atoms with Crippen molar-refractivity contribution in [2.24, 2.45) is 4.36 Å². The summed E-state index contributed by atoms with van der Waals surface area (Å²) in [6, 6.07) is 10.5. The first-order valence-electron chi connectivity index (χ1n) is 11.0. The van der Waals surface area contributed by atoms with Crippen LogP contribution >= 0.6 is 0 Å². The molecule has 9 nitrogen and oxygen atoms in total. The number of carbonyl (C=O) groups is 2. The Labute approximate surface area is 210 Å². The van der Waals surface area contributed by atoms with Gasteiger partial charge in [-0.1, -0.05) is 17.9 Å². The van der Waals surface area contributed by atoms with Crippen LogP contribution in [0.1, 0.15) is 46.0 Å². The Morgan fingerprint density at radius 3 is 2.67 bits per heavy atom. The van der Waals surface area contributed by atoms with Crippen LogP contribution < -0.4 is 5.32 Å². The van der Waals surface area contributed by atoms with E-state index in [2.05, 4.69) is 26.5 Å². The van der Waals surface area contributed by atoms with Gasteiger partial charge in [-0.05, 0) is 44.2 Å². The van der Waals surface area contributed by atoms with Gasteiger partial charge in [-0.25, -0.2) is 4.21 Å². The van der Waals surface area contributed by atoms with E-state index in [1.807, 2.05) is 6.07 Å². The molecule has 0 aliphatic heterocycles. The van der Waals surface area contributed by atoms with Gasteiger partial charge in [-0.15, -0.1) is 0 Å². The van der Waals surface area contributed by atoms with Crippen molar-refractivity contribution >= 4 is 27.3 Å². The van der Waals surface area contributed by atoms with Gasteiger partial charge in [0.25, 0.3) is 5.91 Å². The quantitative estimate of drug-likeness (QED) is 0.361. The van der Waals surface area contributed by atoms with Gasteiger partial charge in [0.15, 0.2) is 12.0 Å². The molecule has 1 aromatic carbocycles. The number of carbonyl (C=O) groups excluding carboxylic acids is 2. The van der Waals surface area contributed by atoms with Gasteiger partial charge in [-0.2, -0.15) is 4.36 Å². The number of aromatic nitrogens is 1. The lowest BCUT2D eigenvalue weighted by Crippen LogP contribution is -2.18. The summed E-state index contributed by atoms with van der Waals surface area (Å²) < 4.78 is 32.5. The first-order chi connectivity index (χ1) is 17.2. The minimum absolute atomic E-state index is 0.200. The molecule has 0 aliphatic rings. The molecule has 1 amide bonds. The minimum atomic E-state index is -2.89. The van der Waals surface area contributed by atoms with Crippen LogP contribution in [-0.2, 0) is 24.0 Å². The summed E-state index contributed by atoms with van der Waals surface area (Å²) in [7, 11) is -1.47. The number of nitrogens with one attached hydrogen (secondary N) is 1. The highest BCUT2D eigenvalue weighted by Gasteiger charge is 2.17. The third-order valence-electron chi connectivity index (χ3n) is 4.82. The van der Waals surface area contributed by atoms with Gasteiger partial charge in [0.2, 0.25) is 0 Å². The Morgan fingerprint density at radius 2 is 1.97 bits per heavy atom. The van der Waals surface area contributed by atoms with Gasteiger partial charge >= 0.3 is 5.97 Å². The van der Waals surface area contributed by atoms with Gasteiger partial charge in [-0.3, -0.25) is 14.6 Å². The fourth-order valence-electron chi connectivity index (χ4n) is 3.17. The Morgan fingerprint density at radius 1 is 1.19 bits per heavy atom. The van der Waals surface area contributed by atoms with E-state index in [-0.39, 0.29) is 24.0 Å². The highest BCUT2D eigenvalue weighted by atomic mass is 32.2. The predicted octanol–water partition coefficient (Wildman–Crippen LogP) is 3.94. The van der Waals surface area contributed by atoms with Crippen LogP contribution in [0.5, 0.6) is 0 Å². The van der Waals surface area contributed by atoms with E-state index in [9.17, 15) is 13.8 Å². The zero-order valence-electron chi connectivity index (χ0n) is 20.4. The van der Waals surface area contributed by atoms with Crippen molar-refractivity contribution in [2.45, 2.75) is 20.1 Å². The van der Waals surface area contributed by atoms with Crippen LogP contribution in [0.3, 0.4) is 0 Å². The highest BCUT2D eigenvalue weighted by molar-refractivity contribution is 7.93. The number of methoxy groups -OCH3 is 1. The van der Waals surface area contributed by atoms with E-state index < -0.39 is 21.9 Å². The van der Waals surface area contributed by atoms with E-state index in [0.717, 1.165) is 5.56 Å². The smallest absolute Gasteiger partial charge is 0.319 e. The average Bonchev–Trinajstić information content (AvgIpc) is 3.27. The summed E-state index contributed by atoms with van der Waals surface area (Å²) >= 11 is 0. The summed E-state index contributed by atoms with van der Waals surface area (Å²) in [5, 5.41) is 2.80. The molecule has 10 heteroatoms. The van der Waals surface area contributed by atoms with Gasteiger partial charge in [0.1, 0.15) is 5.75 Å². The molecule has 2 atom stereocenters. The molecule has 0 bridgehead atoms.